The van der Waals surface area contributed by atoms with Crippen molar-refractivity contribution >= 4 is 5.91 Å². The van der Waals surface area contributed by atoms with E-state index < -0.39 is 0 Å². The maximum absolute atomic E-state index is 11.9. The van der Waals surface area contributed by atoms with E-state index in [1.807, 2.05) is 25.1 Å². The van der Waals surface area contributed by atoms with Gasteiger partial charge in [-0.25, -0.2) is 0 Å². The van der Waals surface area contributed by atoms with Crippen LogP contribution in [0.4, 0.5) is 0 Å². The van der Waals surface area contributed by atoms with Gasteiger partial charge in [-0.05, 0) is 43.9 Å². The fraction of sp³-hybridized carbons (Fsp3) is 0.600. The number of nitrogens with two attached hydrogens (primary N) is 1. The van der Waals surface area contributed by atoms with Crippen molar-refractivity contribution in [1.29, 1.82) is 0 Å². The molecule has 0 aliphatic carbocycles. The number of aromatic nitrogens is 1. The Bertz CT molecular complexity index is 390. The van der Waals surface area contributed by atoms with Crippen molar-refractivity contribution in [2.75, 3.05) is 6.54 Å². The topological polar surface area (TPSA) is 68.0 Å². The third-order valence-corrected chi connectivity index (χ3v) is 3.36. The first-order valence-corrected chi connectivity index (χ1v) is 6.85. The van der Waals surface area contributed by atoms with Gasteiger partial charge in [-0.1, -0.05) is 19.9 Å². The van der Waals surface area contributed by atoms with Gasteiger partial charge >= 0.3 is 0 Å². The molecule has 1 rings (SSSR count). The van der Waals surface area contributed by atoms with E-state index in [1.165, 1.54) is 0 Å². The number of amides is 1. The molecule has 3 N–H and O–H groups in total. The third-order valence-electron chi connectivity index (χ3n) is 3.36. The molecule has 4 nitrogen and oxygen atoms in total. The number of nitrogens with one attached hydrogen (secondary N) is 1. The highest BCUT2D eigenvalue weighted by molar-refractivity contribution is 5.76. The summed E-state index contributed by atoms with van der Waals surface area (Å²) >= 11 is 0. The lowest BCUT2D eigenvalue weighted by atomic mass is 9.84. The smallest absolute Gasteiger partial charge is 0.220 e. The molecule has 1 heterocycles. The number of hydrogen-bond acceptors (Lipinski definition) is 3. The molecule has 1 aromatic heterocycles. The maximum Gasteiger partial charge on any atom is 0.220 e. The molecule has 0 unspecified atom stereocenters. The van der Waals surface area contributed by atoms with Gasteiger partial charge in [-0.15, -0.1) is 0 Å². The van der Waals surface area contributed by atoms with Gasteiger partial charge in [-0.2, -0.15) is 0 Å². The average Bonchev–Trinajstić information content (AvgIpc) is 2.37. The summed E-state index contributed by atoms with van der Waals surface area (Å²) in [5.41, 5.74) is 6.58. The van der Waals surface area contributed by atoms with E-state index in [0.29, 0.717) is 13.0 Å². The Labute approximate surface area is 115 Å². The molecule has 0 bridgehead atoms. The van der Waals surface area contributed by atoms with Crippen molar-refractivity contribution < 1.29 is 4.79 Å². The number of pyridine rings is 1. The highest BCUT2D eigenvalue weighted by Crippen LogP contribution is 2.25. The van der Waals surface area contributed by atoms with E-state index in [-0.39, 0.29) is 17.4 Å². The molecule has 1 aromatic rings. The molecule has 0 saturated heterocycles. The van der Waals surface area contributed by atoms with Crippen LogP contribution in [0.5, 0.6) is 0 Å². The van der Waals surface area contributed by atoms with Crippen molar-refractivity contribution in [3.8, 4) is 0 Å². The van der Waals surface area contributed by atoms with Gasteiger partial charge in [0.2, 0.25) is 5.91 Å². The molecule has 0 fully saturated rings. The predicted molar refractivity (Wildman–Crippen MR) is 77.5 cm³/mol. The van der Waals surface area contributed by atoms with Crippen LogP contribution in [0.15, 0.2) is 24.4 Å². The van der Waals surface area contributed by atoms with Crippen molar-refractivity contribution in [2.24, 2.45) is 11.1 Å². The van der Waals surface area contributed by atoms with Crippen LogP contribution in [0.1, 0.15) is 51.8 Å². The number of carbonyl (C=O) groups excluding carboxylic acids is 1. The second-order valence-electron chi connectivity index (χ2n) is 5.75. The van der Waals surface area contributed by atoms with Crippen LogP contribution < -0.4 is 11.1 Å². The van der Waals surface area contributed by atoms with E-state index in [1.54, 1.807) is 6.20 Å². The van der Waals surface area contributed by atoms with Crippen LogP contribution in [0.3, 0.4) is 0 Å². The molecule has 0 spiro atoms. The molecule has 0 aliphatic rings. The molecular weight excluding hydrogens is 238 g/mol. The highest BCUT2D eigenvalue weighted by Gasteiger charge is 2.19. The lowest BCUT2D eigenvalue weighted by Gasteiger charge is -2.23. The zero-order chi connectivity index (χ0) is 14.3. The Morgan fingerprint density at radius 2 is 2.16 bits per heavy atom. The molecule has 4 heteroatoms. The van der Waals surface area contributed by atoms with Gasteiger partial charge in [0.25, 0.3) is 0 Å². The highest BCUT2D eigenvalue weighted by atomic mass is 16.1. The molecule has 0 radical (unpaired) electrons. The largest absolute Gasteiger partial charge is 0.348 e. The van der Waals surface area contributed by atoms with Gasteiger partial charge in [0.1, 0.15) is 0 Å². The zero-order valence-corrected chi connectivity index (χ0v) is 12.1. The van der Waals surface area contributed by atoms with Crippen LogP contribution in [0, 0.1) is 5.41 Å². The first-order valence-electron chi connectivity index (χ1n) is 6.85. The fourth-order valence-corrected chi connectivity index (χ4v) is 1.99. The van der Waals surface area contributed by atoms with Crippen molar-refractivity contribution in [3.63, 3.8) is 0 Å². The summed E-state index contributed by atoms with van der Waals surface area (Å²) in [6.45, 7) is 6.91. The number of carbonyl (C=O) groups is 1. The van der Waals surface area contributed by atoms with Gasteiger partial charge in [0.15, 0.2) is 0 Å². The Kier molecular flexibility index (Phi) is 5.96. The molecule has 106 valence electrons. The van der Waals surface area contributed by atoms with Crippen molar-refractivity contribution in [3.05, 3.63) is 30.1 Å². The average molecular weight is 263 g/mol. The first kappa shape index (κ1) is 15.6. The minimum atomic E-state index is -0.0497. The van der Waals surface area contributed by atoms with Gasteiger partial charge in [0, 0.05) is 12.6 Å². The summed E-state index contributed by atoms with van der Waals surface area (Å²) in [4.78, 5) is 16.1. The van der Waals surface area contributed by atoms with Crippen LogP contribution in [0.2, 0.25) is 0 Å². The lowest BCUT2D eigenvalue weighted by Crippen LogP contribution is -2.28. The van der Waals surface area contributed by atoms with Gasteiger partial charge < -0.3 is 11.1 Å². The number of rotatable bonds is 7. The van der Waals surface area contributed by atoms with Crippen molar-refractivity contribution in [1.82, 2.24) is 10.3 Å². The monoisotopic (exact) mass is 263 g/mol. The summed E-state index contributed by atoms with van der Waals surface area (Å²) in [5.74, 6) is 0.0725. The Morgan fingerprint density at radius 1 is 1.42 bits per heavy atom. The molecule has 0 saturated carbocycles. The normalized spacial score (nSPS) is 13.1. The van der Waals surface area contributed by atoms with E-state index in [2.05, 4.69) is 24.1 Å². The van der Waals surface area contributed by atoms with Crippen LogP contribution in [0.25, 0.3) is 0 Å². The zero-order valence-electron chi connectivity index (χ0n) is 12.1. The molecule has 19 heavy (non-hydrogen) atoms. The standard InChI is InChI=1S/C15H25N3O/c1-12(13-6-4-5-11-17-13)18-14(19)7-8-15(2,3)9-10-16/h4-6,11-12H,7-10,16H2,1-3H3,(H,18,19)/t12-/m1/s1. The first-order chi connectivity index (χ1) is 8.94. The Balaban J connectivity index is 2.39. The van der Waals surface area contributed by atoms with E-state index in [9.17, 15) is 4.79 Å². The number of nitrogens with zero attached hydrogens (tertiary/aromatic N) is 1. The van der Waals surface area contributed by atoms with Gasteiger partial charge in [0.05, 0.1) is 11.7 Å². The van der Waals surface area contributed by atoms with Crippen molar-refractivity contribution in [2.45, 2.75) is 46.1 Å². The Morgan fingerprint density at radius 3 is 2.74 bits per heavy atom. The fourth-order valence-electron chi connectivity index (χ4n) is 1.99. The summed E-state index contributed by atoms with van der Waals surface area (Å²) in [6, 6.07) is 5.66. The van der Waals surface area contributed by atoms with Crippen LogP contribution >= 0.6 is 0 Å². The molecular formula is C15H25N3O. The van der Waals surface area contributed by atoms with Gasteiger partial charge in [-0.3, -0.25) is 9.78 Å². The second kappa shape index (κ2) is 7.24. The molecule has 1 amide bonds. The van der Waals surface area contributed by atoms with E-state index in [4.69, 9.17) is 5.73 Å². The second-order valence-corrected chi connectivity index (χ2v) is 5.75. The van der Waals surface area contributed by atoms with E-state index >= 15 is 0 Å². The quantitative estimate of drug-likeness (QED) is 0.794. The van der Waals surface area contributed by atoms with Crippen LogP contribution in [-0.4, -0.2) is 17.4 Å². The minimum Gasteiger partial charge on any atom is -0.348 e. The lowest BCUT2D eigenvalue weighted by molar-refractivity contribution is -0.122. The SMILES string of the molecule is C[C@@H](NC(=O)CCC(C)(C)CCN)c1ccccn1. The van der Waals surface area contributed by atoms with E-state index in [0.717, 1.165) is 18.5 Å². The summed E-state index contributed by atoms with van der Waals surface area (Å²) in [5, 5.41) is 2.98. The molecule has 0 aromatic carbocycles. The maximum atomic E-state index is 11.9. The molecule has 0 aliphatic heterocycles. The summed E-state index contributed by atoms with van der Waals surface area (Å²) < 4.78 is 0. The molecule has 1 atom stereocenters. The third kappa shape index (κ3) is 5.83. The number of hydrogen-bond donors (Lipinski definition) is 2. The summed E-state index contributed by atoms with van der Waals surface area (Å²) in [7, 11) is 0. The Hall–Kier alpha value is -1.42. The minimum absolute atomic E-state index is 0.0497. The predicted octanol–water partition coefficient (Wildman–Crippen LogP) is 2.41. The van der Waals surface area contributed by atoms with Crippen LogP contribution in [-0.2, 0) is 4.79 Å². The summed E-state index contributed by atoms with van der Waals surface area (Å²) in [6.07, 6.45) is 4.06.